The van der Waals surface area contributed by atoms with E-state index in [2.05, 4.69) is 45.1 Å². The van der Waals surface area contributed by atoms with Gasteiger partial charge in [-0.1, -0.05) is 46.3 Å². The van der Waals surface area contributed by atoms with Gasteiger partial charge in [-0.25, -0.2) is 9.59 Å². The van der Waals surface area contributed by atoms with Crippen LogP contribution in [-0.4, -0.2) is 22.6 Å². The highest BCUT2D eigenvalue weighted by Crippen LogP contribution is 2.32. The molecule has 0 radical (unpaired) electrons. The van der Waals surface area contributed by atoms with Crippen molar-refractivity contribution in [1.29, 1.82) is 0 Å². The maximum atomic E-state index is 11.8. The van der Waals surface area contributed by atoms with Crippen molar-refractivity contribution in [2.75, 3.05) is 13.1 Å². The summed E-state index contributed by atoms with van der Waals surface area (Å²) in [5.74, 6) is 0.435. The number of hydrogen-bond acceptors (Lipinski definition) is 5. The van der Waals surface area contributed by atoms with Crippen molar-refractivity contribution >= 4 is 32.5 Å². The highest BCUT2D eigenvalue weighted by Gasteiger charge is 2.26. The lowest BCUT2D eigenvalue weighted by Gasteiger charge is -2.16. The van der Waals surface area contributed by atoms with Crippen molar-refractivity contribution in [2.24, 2.45) is 5.92 Å². The second kappa shape index (κ2) is 7.31. The smallest absolute Gasteiger partial charge is 0.397 e. The van der Waals surface area contributed by atoms with E-state index < -0.39 is 11.3 Å². The lowest BCUT2D eigenvalue weighted by molar-refractivity contribution is 0.285. The Hall–Kier alpha value is -2.64. The van der Waals surface area contributed by atoms with Gasteiger partial charge in [0.1, 0.15) is 0 Å². The van der Waals surface area contributed by atoms with E-state index in [1.807, 2.05) is 24.3 Å². The topological polar surface area (TPSA) is 68.1 Å². The zero-order valence-corrected chi connectivity index (χ0v) is 17.2. The summed E-state index contributed by atoms with van der Waals surface area (Å²) in [7, 11) is 0. The molecule has 0 spiro atoms. The number of halogens is 1. The van der Waals surface area contributed by atoms with Crippen molar-refractivity contribution in [1.82, 2.24) is 9.47 Å². The molecule has 29 heavy (non-hydrogen) atoms. The van der Waals surface area contributed by atoms with Crippen LogP contribution in [0.3, 0.4) is 0 Å². The second-order valence-electron chi connectivity index (χ2n) is 7.59. The Kier molecular flexibility index (Phi) is 4.64. The first-order valence-electron chi connectivity index (χ1n) is 9.62. The van der Waals surface area contributed by atoms with Crippen LogP contribution in [0, 0.1) is 5.92 Å². The van der Waals surface area contributed by atoms with Crippen LogP contribution in [0.15, 0.2) is 71.5 Å². The van der Waals surface area contributed by atoms with E-state index in [1.54, 1.807) is 0 Å². The van der Waals surface area contributed by atoms with Crippen molar-refractivity contribution in [3.63, 3.8) is 0 Å². The van der Waals surface area contributed by atoms with E-state index in [-0.39, 0.29) is 0 Å². The third-order valence-corrected chi connectivity index (χ3v) is 6.08. The summed E-state index contributed by atoms with van der Waals surface area (Å²) in [6, 6.07) is 16.2. The molecule has 2 aromatic carbocycles. The fourth-order valence-electron chi connectivity index (χ4n) is 4.27. The minimum absolute atomic E-state index is 0.323. The first-order chi connectivity index (χ1) is 14.1. The third kappa shape index (κ3) is 3.45. The van der Waals surface area contributed by atoms with Crippen LogP contribution in [-0.2, 0) is 13.0 Å². The fourth-order valence-corrected chi connectivity index (χ4v) is 4.63. The number of fused-ring (bicyclic) bond motifs is 3. The van der Waals surface area contributed by atoms with Crippen LogP contribution in [0.2, 0.25) is 0 Å². The van der Waals surface area contributed by atoms with Crippen LogP contribution in [0.5, 0.6) is 0 Å². The van der Waals surface area contributed by atoms with E-state index in [0.717, 1.165) is 53.4 Å². The zero-order chi connectivity index (χ0) is 20.0. The Morgan fingerprint density at radius 1 is 1.07 bits per heavy atom. The molecule has 0 aliphatic carbocycles. The highest BCUT2D eigenvalue weighted by molar-refractivity contribution is 9.10. The quantitative estimate of drug-likeness (QED) is 0.438. The van der Waals surface area contributed by atoms with Gasteiger partial charge >= 0.3 is 11.3 Å². The molecule has 0 amide bonds. The van der Waals surface area contributed by atoms with E-state index in [4.69, 9.17) is 8.94 Å². The molecule has 1 saturated heterocycles. The molecule has 7 heteroatoms. The minimum Gasteiger partial charge on any atom is -0.397 e. The molecule has 148 valence electrons. The van der Waals surface area contributed by atoms with Gasteiger partial charge in [-0.15, -0.1) is 4.57 Å². The van der Waals surface area contributed by atoms with Gasteiger partial charge in [0.25, 0.3) is 0 Å². The SMILES string of the molecule is O=c1oc2c(CC3CCN(Cc4ccccc4)C3)c3cc(Br)ccc3n2oc1=O. The largest absolute Gasteiger partial charge is 0.442 e. The van der Waals surface area contributed by atoms with E-state index in [0.29, 0.717) is 11.6 Å². The molecule has 2 aromatic heterocycles. The van der Waals surface area contributed by atoms with Crippen LogP contribution in [0.1, 0.15) is 17.5 Å². The average Bonchev–Trinajstić information content (AvgIpc) is 3.26. The summed E-state index contributed by atoms with van der Waals surface area (Å²) in [4.78, 5) is 26.0. The fraction of sp³-hybridized carbons (Fsp3) is 0.273. The molecular weight excluding hydrogens is 436 g/mol. The van der Waals surface area contributed by atoms with Gasteiger partial charge in [-0.05, 0) is 49.1 Å². The minimum atomic E-state index is -1.00. The Labute approximate surface area is 174 Å². The molecule has 1 fully saturated rings. The summed E-state index contributed by atoms with van der Waals surface area (Å²) < 4.78 is 12.8. The number of benzene rings is 2. The lowest BCUT2D eigenvalue weighted by atomic mass is 9.98. The Morgan fingerprint density at radius 3 is 2.72 bits per heavy atom. The van der Waals surface area contributed by atoms with E-state index in [1.165, 1.54) is 10.1 Å². The van der Waals surface area contributed by atoms with Gasteiger partial charge in [0.15, 0.2) is 0 Å². The Balaban J connectivity index is 1.48. The molecule has 1 aliphatic heterocycles. The lowest BCUT2D eigenvalue weighted by Crippen LogP contribution is -2.23. The second-order valence-corrected chi connectivity index (χ2v) is 8.50. The Bertz CT molecular complexity index is 1310. The van der Waals surface area contributed by atoms with Crippen molar-refractivity contribution in [3.05, 3.63) is 85.0 Å². The molecule has 4 aromatic rings. The predicted octanol–water partition coefficient (Wildman–Crippen LogP) is 3.83. The van der Waals surface area contributed by atoms with Crippen molar-refractivity contribution < 1.29 is 8.94 Å². The van der Waals surface area contributed by atoms with E-state index >= 15 is 0 Å². The molecule has 1 atom stereocenters. The number of nitrogens with zero attached hydrogens (tertiary/aromatic N) is 2. The van der Waals surface area contributed by atoms with Gasteiger partial charge in [0, 0.05) is 28.5 Å². The normalized spacial score (nSPS) is 17.5. The molecule has 1 aliphatic rings. The monoisotopic (exact) mass is 454 g/mol. The molecule has 0 saturated carbocycles. The first-order valence-corrected chi connectivity index (χ1v) is 10.4. The predicted molar refractivity (Wildman–Crippen MR) is 113 cm³/mol. The van der Waals surface area contributed by atoms with Crippen molar-refractivity contribution in [3.8, 4) is 0 Å². The van der Waals surface area contributed by atoms with Crippen LogP contribution in [0.4, 0.5) is 0 Å². The molecule has 0 bridgehead atoms. The number of rotatable bonds is 4. The van der Waals surface area contributed by atoms with Crippen molar-refractivity contribution in [2.45, 2.75) is 19.4 Å². The molecule has 1 unspecified atom stereocenters. The third-order valence-electron chi connectivity index (χ3n) is 5.59. The summed E-state index contributed by atoms with van der Waals surface area (Å²) in [5.41, 5.74) is 1.29. The summed E-state index contributed by atoms with van der Waals surface area (Å²) in [6.45, 7) is 2.94. The molecule has 0 N–H and O–H groups in total. The highest BCUT2D eigenvalue weighted by atomic mass is 79.9. The maximum absolute atomic E-state index is 11.8. The van der Waals surface area contributed by atoms with Crippen LogP contribution < -0.4 is 11.3 Å². The molecular formula is C22H19BrN2O4. The molecule has 5 rings (SSSR count). The van der Waals surface area contributed by atoms with Crippen LogP contribution in [0.25, 0.3) is 16.6 Å². The first kappa shape index (κ1) is 18.4. The summed E-state index contributed by atoms with van der Waals surface area (Å²) >= 11 is 3.51. The zero-order valence-electron chi connectivity index (χ0n) is 15.6. The average molecular weight is 455 g/mol. The number of hydrogen-bond donors (Lipinski definition) is 0. The van der Waals surface area contributed by atoms with Crippen LogP contribution >= 0.6 is 15.9 Å². The van der Waals surface area contributed by atoms with Gasteiger partial charge in [-0.2, -0.15) is 0 Å². The molecule has 3 heterocycles. The van der Waals surface area contributed by atoms with Gasteiger partial charge < -0.3 is 8.94 Å². The summed E-state index contributed by atoms with van der Waals surface area (Å²) in [5, 5.41) is 0.929. The van der Waals surface area contributed by atoms with Gasteiger partial charge in [0.2, 0.25) is 5.71 Å². The number of aromatic nitrogens is 1. The molecule has 6 nitrogen and oxygen atoms in total. The number of likely N-dealkylation sites (tertiary alicyclic amines) is 1. The standard InChI is InChI=1S/C22H19BrN2O4/c23-16-6-7-19-17(11-16)18(20-25(19)29-22(27)21(26)28-20)10-15-8-9-24(13-15)12-14-4-2-1-3-5-14/h1-7,11,15H,8-10,12-13H2. The van der Waals surface area contributed by atoms with Gasteiger partial charge in [0.05, 0.1) is 5.52 Å². The van der Waals surface area contributed by atoms with E-state index in [9.17, 15) is 9.59 Å². The Morgan fingerprint density at radius 2 is 1.90 bits per heavy atom. The maximum Gasteiger partial charge on any atom is 0.442 e. The van der Waals surface area contributed by atoms with Gasteiger partial charge in [-0.3, -0.25) is 4.90 Å². The summed E-state index contributed by atoms with van der Waals surface area (Å²) in [6.07, 6.45) is 1.83.